The second-order valence-electron chi connectivity index (χ2n) is 5.00. The summed E-state index contributed by atoms with van der Waals surface area (Å²) in [5.74, 6) is 0.540. The van der Waals surface area contributed by atoms with Crippen molar-refractivity contribution in [3.8, 4) is 0 Å². The van der Waals surface area contributed by atoms with Gasteiger partial charge in [0.25, 0.3) is 5.91 Å². The number of nitrogens with zero attached hydrogens (tertiary/aromatic N) is 1. The largest absolute Gasteiger partial charge is 0.396 e. The molecule has 116 valence electrons. The summed E-state index contributed by atoms with van der Waals surface area (Å²) >= 11 is 1.56. The Morgan fingerprint density at radius 2 is 2.05 bits per heavy atom. The van der Waals surface area contributed by atoms with Crippen LogP contribution in [0.2, 0.25) is 0 Å². The molecular formula is C17H20N2O2S. The van der Waals surface area contributed by atoms with E-state index in [1.165, 1.54) is 0 Å². The van der Waals surface area contributed by atoms with Gasteiger partial charge in [-0.1, -0.05) is 6.07 Å². The van der Waals surface area contributed by atoms with Gasteiger partial charge < -0.3 is 10.4 Å². The Morgan fingerprint density at radius 1 is 1.32 bits per heavy atom. The fourth-order valence-electron chi connectivity index (χ4n) is 2.17. The lowest BCUT2D eigenvalue weighted by Crippen LogP contribution is -2.27. The molecule has 1 heterocycles. The van der Waals surface area contributed by atoms with E-state index in [4.69, 9.17) is 5.11 Å². The predicted octanol–water partition coefficient (Wildman–Crippen LogP) is 2.97. The molecule has 0 aliphatic carbocycles. The minimum atomic E-state index is -0.142. The van der Waals surface area contributed by atoms with E-state index in [1.54, 1.807) is 30.1 Å². The molecule has 2 rings (SSSR count). The number of aliphatic hydroxyl groups excluding tert-OH is 1. The molecule has 0 radical (unpaired) electrons. The summed E-state index contributed by atoms with van der Waals surface area (Å²) in [4.78, 5) is 17.7. The highest BCUT2D eigenvalue weighted by atomic mass is 32.2. The van der Waals surface area contributed by atoms with Crippen LogP contribution >= 0.6 is 11.8 Å². The number of aryl methyl sites for hydroxylation is 1. The minimum absolute atomic E-state index is 0.115. The van der Waals surface area contributed by atoms with E-state index in [1.807, 2.05) is 38.1 Å². The van der Waals surface area contributed by atoms with Crippen molar-refractivity contribution in [1.29, 1.82) is 0 Å². The van der Waals surface area contributed by atoms with Crippen molar-refractivity contribution >= 4 is 17.7 Å². The van der Waals surface area contributed by atoms with Gasteiger partial charge in [-0.3, -0.25) is 9.78 Å². The third-order valence-electron chi connectivity index (χ3n) is 3.28. The normalized spacial score (nSPS) is 12.0. The molecule has 1 amide bonds. The molecule has 0 fully saturated rings. The minimum Gasteiger partial charge on any atom is -0.396 e. The van der Waals surface area contributed by atoms with Crippen molar-refractivity contribution in [1.82, 2.24) is 10.3 Å². The first-order valence-electron chi connectivity index (χ1n) is 7.18. The average molecular weight is 316 g/mol. The van der Waals surface area contributed by atoms with Crippen LogP contribution in [-0.4, -0.2) is 28.4 Å². The number of hydrogen-bond donors (Lipinski definition) is 2. The van der Waals surface area contributed by atoms with E-state index in [-0.39, 0.29) is 18.6 Å². The first kappa shape index (κ1) is 16.5. The molecular weight excluding hydrogens is 296 g/mol. The highest BCUT2D eigenvalue weighted by Gasteiger charge is 2.14. The van der Waals surface area contributed by atoms with Gasteiger partial charge in [0, 0.05) is 22.4 Å². The number of nitrogens with one attached hydrogen (secondary N) is 1. The molecule has 2 N–H and O–H groups in total. The molecule has 0 aliphatic heterocycles. The standard InChI is InChI=1S/C17H20N2O2S/c1-12-4-3-9-18-16(12)13(2)19-17(21)14-5-7-15(8-6-14)22-11-10-20/h3-9,13,20H,10-11H2,1-2H3,(H,19,21). The van der Waals surface area contributed by atoms with E-state index in [0.717, 1.165) is 16.2 Å². The third kappa shape index (κ3) is 4.32. The third-order valence-corrected chi connectivity index (χ3v) is 4.28. The fraction of sp³-hybridized carbons (Fsp3) is 0.294. The molecule has 1 unspecified atom stereocenters. The zero-order valence-electron chi connectivity index (χ0n) is 12.7. The van der Waals surface area contributed by atoms with Crippen LogP contribution in [0.5, 0.6) is 0 Å². The zero-order chi connectivity index (χ0) is 15.9. The smallest absolute Gasteiger partial charge is 0.251 e. The summed E-state index contributed by atoms with van der Waals surface area (Å²) in [6.45, 7) is 4.06. The van der Waals surface area contributed by atoms with Gasteiger partial charge in [-0.25, -0.2) is 0 Å². The Morgan fingerprint density at radius 3 is 2.68 bits per heavy atom. The average Bonchev–Trinajstić information content (AvgIpc) is 2.53. The Labute approximate surface area is 135 Å². The monoisotopic (exact) mass is 316 g/mol. The van der Waals surface area contributed by atoms with Crippen LogP contribution < -0.4 is 5.32 Å². The SMILES string of the molecule is Cc1cccnc1C(C)NC(=O)c1ccc(SCCO)cc1. The second kappa shape index (κ2) is 7.96. The molecule has 1 atom stereocenters. The molecule has 0 saturated carbocycles. The number of aromatic nitrogens is 1. The van der Waals surface area contributed by atoms with Crippen molar-refractivity contribution in [3.05, 3.63) is 59.4 Å². The number of hydrogen-bond acceptors (Lipinski definition) is 4. The highest BCUT2D eigenvalue weighted by Crippen LogP contribution is 2.19. The molecule has 0 saturated heterocycles. The van der Waals surface area contributed by atoms with Crippen LogP contribution in [0.4, 0.5) is 0 Å². The van der Waals surface area contributed by atoms with Gasteiger partial charge in [0.05, 0.1) is 18.3 Å². The molecule has 0 spiro atoms. The van der Waals surface area contributed by atoms with E-state index in [0.29, 0.717) is 11.3 Å². The van der Waals surface area contributed by atoms with E-state index >= 15 is 0 Å². The lowest BCUT2D eigenvalue weighted by atomic mass is 10.1. The van der Waals surface area contributed by atoms with Crippen molar-refractivity contribution in [2.24, 2.45) is 0 Å². The molecule has 22 heavy (non-hydrogen) atoms. The van der Waals surface area contributed by atoms with Gasteiger partial charge in [0.15, 0.2) is 0 Å². The summed E-state index contributed by atoms with van der Waals surface area (Å²) in [5, 5.41) is 11.8. The number of amides is 1. The maximum atomic E-state index is 12.3. The first-order chi connectivity index (χ1) is 10.6. The highest BCUT2D eigenvalue weighted by molar-refractivity contribution is 7.99. The van der Waals surface area contributed by atoms with Crippen LogP contribution in [0.25, 0.3) is 0 Å². The molecule has 1 aromatic heterocycles. The van der Waals surface area contributed by atoms with Crippen LogP contribution in [0.3, 0.4) is 0 Å². The van der Waals surface area contributed by atoms with E-state index < -0.39 is 0 Å². The van der Waals surface area contributed by atoms with Gasteiger partial charge in [0.2, 0.25) is 0 Å². The zero-order valence-corrected chi connectivity index (χ0v) is 13.6. The number of aliphatic hydroxyl groups is 1. The summed E-state index contributed by atoms with van der Waals surface area (Å²) < 4.78 is 0. The summed E-state index contributed by atoms with van der Waals surface area (Å²) in [5.41, 5.74) is 2.56. The fourth-order valence-corrected chi connectivity index (χ4v) is 2.82. The van der Waals surface area contributed by atoms with Crippen LogP contribution in [0.1, 0.15) is 34.6 Å². The number of benzene rings is 1. The van der Waals surface area contributed by atoms with Crippen molar-refractivity contribution < 1.29 is 9.90 Å². The van der Waals surface area contributed by atoms with Crippen LogP contribution in [-0.2, 0) is 0 Å². The number of thioether (sulfide) groups is 1. The second-order valence-corrected chi connectivity index (χ2v) is 6.17. The quantitative estimate of drug-likeness (QED) is 0.804. The number of carbonyl (C=O) groups excluding carboxylic acids is 1. The van der Waals surface area contributed by atoms with Gasteiger partial charge in [-0.2, -0.15) is 0 Å². The molecule has 5 heteroatoms. The number of pyridine rings is 1. The molecule has 0 bridgehead atoms. The van der Waals surface area contributed by atoms with Gasteiger partial charge >= 0.3 is 0 Å². The van der Waals surface area contributed by atoms with Gasteiger partial charge in [-0.15, -0.1) is 11.8 Å². The van der Waals surface area contributed by atoms with Crippen molar-refractivity contribution in [2.75, 3.05) is 12.4 Å². The predicted molar refractivity (Wildman–Crippen MR) is 89.1 cm³/mol. The summed E-state index contributed by atoms with van der Waals surface area (Å²) in [7, 11) is 0. The molecule has 1 aromatic carbocycles. The summed E-state index contributed by atoms with van der Waals surface area (Å²) in [6.07, 6.45) is 1.73. The molecule has 2 aromatic rings. The Kier molecular flexibility index (Phi) is 5.98. The molecule has 0 aliphatic rings. The molecule has 4 nitrogen and oxygen atoms in total. The van der Waals surface area contributed by atoms with Crippen molar-refractivity contribution in [2.45, 2.75) is 24.8 Å². The Bertz CT molecular complexity index is 629. The number of carbonyl (C=O) groups is 1. The maximum absolute atomic E-state index is 12.3. The Balaban J connectivity index is 2.01. The lowest BCUT2D eigenvalue weighted by Gasteiger charge is -2.15. The summed E-state index contributed by atoms with van der Waals surface area (Å²) in [6, 6.07) is 11.1. The lowest BCUT2D eigenvalue weighted by molar-refractivity contribution is 0.0939. The maximum Gasteiger partial charge on any atom is 0.251 e. The van der Waals surface area contributed by atoms with Crippen molar-refractivity contribution in [3.63, 3.8) is 0 Å². The Hall–Kier alpha value is -1.85. The van der Waals surface area contributed by atoms with Crippen LogP contribution in [0.15, 0.2) is 47.5 Å². The van der Waals surface area contributed by atoms with Gasteiger partial charge in [-0.05, 0) is 49.7 Å². The topological polar surface area (TPSA) is 62.2 Å². The van der Waals surface area contributed by atoms with E-state index in [2.05, 4.69) is 10.3 Å². The van der Waals surface area contributed by atoms with E-state index in [9.17, 15) is 4.79 Å². The van der Waals surface area contributed by atoms with Gasteiger partial charge in [0.1, 0.15) is 0 Å². The number of rotatable bonds is 6. The first-order valence-corrected chi connectivity index (χ1v) is 8.16. The van der Waals surface area contributed by atoms with Crippen LogP contribution in [0, 0.1) is 6.92 Å².